The molecule has 0 aliphatic rings. The smallest absolute Gasteiger partial charge is 0.286 e. The van der Waals surface area contributed by atoms with Crippen LogP contribution in [0.2, 0.25) is 0 Å². The quantitative estimate of drug-likeness (QED) is 0.435. The largest absolute Gasteiger partial charge is 0.303 e. The first-order chi connectivity index (χ1) is 8.38. The molecule has 0 heterocycles. The lowest BCUT2D eigenvalue weighted by molar-refractivity contribution is -0.404. The number of nitrogens with zero attached hydrogens (tertiary/aromatic N) is 3. The number of carbonyl (C=O) groups excluding carboxylic acids is 1. The van der Waals surface area contributed by atoms with Gasteiger partial charge >= 0.3 is 0 Å². The van der Waals surface area contributed by atoms with Gasteiger partial charge in [0.15, 0.2) is 0 Å². The number of hydrogen-bond donors (Lipinski definition) is 0. The van der Waals surface area contributed by atoms with Crippen LogP contribution >= 0.6 is 0 Å². The topological polar surface area (TPSA) is 146 Å². The molecule has 0 N–H and O–H groups in total. The summed E-state index contributed by atoms with van der Waals surface area (Å²) in [4.78, 5) is 39.3. The van der Waals surface area contributed by atoms with Gasteiger partial charge in [0.2, 0.25) is 0 Å². The van der Waals surface area contributed by atoms with Crippen LogP contribution in [0, 0.1) is 30.3 Å². The Bertz CT molecular complexity index is 519. The van der Waals surface area contributed by atoms with Crippen LogP contribution < -0.4 is 0 Å². The van der Waals surface area contributed by atoms with Crippen molar-refractivity contribution in [2.45, 2.75) is 6.42 Å². The predicted molar refractivity (Wildman–Crippen MR) is 56.2 cm³/mol. The highest BCUT2D eigenvalue weighted by Gasteiger charge is 2.29. The first-order valence-corrected chi connectivity index (χ1v) is 4.42. The molecule has 0 saturated heterocycles. The Hall–Kier alpha value is -2.91. The van der Waals surface area contributed by atoms with E-state index in [4.69, 9.17) is 0 Å². The second-order valence-corrected chi connectivity index (χ2v) is 3.10. The van der Waals surface area contributed by atoms with Crippen molar-refractivity contribution in [2.24, 2.45) is 0 Å². The van der Waals surface area contributed by atoms with E-state index < -0.39 is 43.8 Å². The van der Waals surface area contributed by atoms with Gasteiger partial charge in [0.05, 0.1) is 26.9 Å². The number of aldehydes is 1. The van der Waals surface area contributed by atoms with Gasteiger partial charge in [-0.25, -0.2) is 0 Å². The lowest BCUT2D eigenvalue weighted by atomic mass is 10.1. The predicted octanol–water partition coefficient (Wildman–Crippen LogP) is 1.15. The van der Waals surface area contributed by atoms with Gasteiger partial charge in [-0.3, -0.25) is 30.3 Å². The number of benzene rings is 1. The number of carbonyl (C=O) groups is 1. The van der Waals surface area contributed by atoms with Crippen molar-refractivity contribution in [3.8, 4) is 0 Å². The van der Waals surface area contributed by atoms with Crippen molar-refractivity contribution in [2.75, 3.05) is 0 Å². The van der Waals surface area contributed by atoms with Crippen LogP contribution in [0.15, 0.2) is 12.1 Å². The zero-order chi connectivity index (χ0) is 13.9. The summed E-state index contributed by atoms with van der Waals surface area (Å²) in [6, 6.07) is 1.18. The van der Waals surface area contributed by atoms with E-state index in [9.17, 15) is 35.1 Å². The normalized spacial score (nSPS) is 9.78. The van der Waals surface area contributed by atoms with Gasteiger partial charge in [0.1, 0.15) is 11.8 Å². The minimum Gasteiger partial charge on any atom is -0.303 e. The number of nitro groups is 3. The molecule has 0 aromatic heterocycles. The summed E-state index contributed by atoms with van der Waals surface area (Å²) in [5.74, 6) is 0. The fourth-order valence-electron chi connectivity index (χ4n) is 1.35. The van der Waals surface area contributed by atoms with E-state index in [2.05, 4.69) is 0 Å². The minimum absolute atomic E-state index is 0.251. The Balaban J connectivity index is 3.64. The van der Waals surface area contributed by atoms with Crippen LogP contribution in [0.4, 0.5) is 17.1 Å². The van der Waals surface area contributed by atoms with Crippen molar-refractivity contribution < 1.29 is 19.6 Å². The van der Waals surface area contributed by atoms with Gasteiger partial charge in [0.25, 0.3) is 17.1 Å². The standard InChI is InChI=1S/C8H5N3O7/c12-2-1-6-7(10(15)16)3-5(9(13)14)4-8(6)11(17)18/h2-4H,1H2. The molecule has 0 amide bonds. The van der Waals surface area contributed by atoms with Crippen LogP contribution in [0.3, 0.4) is 0 Å². The summed E-state index contributed by atoms with van der Waals surface area (Å²) < 4.78 is 0. The lowest BCUT2D eigenvalue weighted by Gasteiger charge is -2.01. The van der Waals surface area contributed by atoms with Gasteiger partial charge in [-0.2, -0.15) is 0 Å². The molecule has 0 aliphatic carbocycles. The van der Waals surface area contributed by atoms with Crippen molar-refractivity contribution >= 4 is 23.3 Å². The highest BCUT2D eigenvalue weighted by Crippen LogP contribution is 2.33. The van der Waals surface area contributed by atoms with Crippen LogP contribution in [0.5, 0.6) is 0 Å². The van der Waals surface area contributed by atoms with E-state index in [0.29, 0.717) is 12.1 Å². The van der Waals surface area contributed by atoms with E-state index in [1.165, 1.54) is 0 Å². The third-order valence-corrected chi connectivity index (χ3v) is 2.08. The summed E-state index contributed by atoms with van der Waals surface area (Å²) in [6.07, 6.45) is -0.314. The number of non-ortho nitro benzene ring substituents is 1. The van der Waals surface area contributed by atoms with Gasteiger partial charge in [-0.15, -0.1) is 0 Å². The Kier molecular flexibility index (Phi) is 3.62. The molecule has 0 aliphatic heterocycles. The molecule has 10 heteroatoms. The van der Waals surface area contributed by atoms with E-state index >= 15 is 0 Å². The Morgan fingerprint density at radius 2 is 1.39 bits per heavy atom. The molecule has 0 bridgehead atoms. The first kappa shape index (κ1) is 13.2. The SMILES string of the molecule is O=CCc1c([N+](=O)[O-])cc([N+](=O)[O-])cc1[N+](=O)[O-]. The molecule has 0 atom stereocenters. The molecule has 0 saturated carbocycles. The summed E-state index contributed by atoms with van der Waals surface area (Å²) in [6.45, 7) is 0. The molecule has 18 heavy (non-hydrogen) atoms. The third kappa shape index (κ3) is 2.42. The van der Waals surface area contributed by atoms with Crippen LogP contribution in [-0.2, 0) is 11.2 Å². The molecule has 1 rings (SSSR count). The summed E-state index contributed by atoms with van der Waals surface area (Å²) in [7, 11) is 0. The second kappa shape index (κ2) is 4.95. The maximum Gasteiger partial charge on any atom is 0.286 e. The Labute approximate surface area is 98.3 Å². The molecule has 10 nitrogen and oxygen atoms in total. The molecule has 0 radical (unpaired) electrons. The van der Waals surface area contributed by atoms with Gasteiger partial charge < -0.3 is 4.79 Å². The van der Waals surface area contributed by atoms with Crippen molar-refractivity contribution in [1.29, 1.82) is 0 Å². The van der Waals surface area contributed by atoms with Crippen molar-refractivity contribution in [3.05, 3.63) is 48.0 Å². The van der Waals surface area contributed by atoms with E-state index in [1.54, 1.807) is 0 Å². The van der Waals surface area contributed by atoms with E-state index in [1.807, 2.05) is 0 Å². The van der Waals surface area contributed by atoms with Crippen LogP contribution in [0.1, 0.15) is 5.56 Å². The zero-order valence-electron chi connectivity index (χ0n) is 8.64. The third-order valence-electron chi connectivity index (χ3n) is 2.08. The molecule has 0 fully saturated rings. The molecule has 1 aromatic carbocycles. The monoisotopic (exact) mass is 255 g/mol. The number of rotatable bonds is 5. The van der Waals surface area contributed by atoms with Crippen LogP contribution in [-0.4, -0.2) is 21.1 Å². The first-order valence-electron chi connectivity index (χ1n) is 4.42. The van der Waals surface area contributed by atoms with Crippen LogP contribution in [0.25, 0.3) is 0 Å². The van der Waals surface area contributed by atoms with E-state index in [0.717, 1.165) is 0 Å². The maximum atomic E-state index is 10.7. The Morgan fingerprint density at radius 3 is 1.67 bits per heavy atom. The molecular weight excluding hydrogens is 250 g/mol. The molecule has 0 spiro atoms. The fourth-order valence-corrected chi connectivity index (χ4v) is 1.35. The highest BCUT2D eigenvalue weighted by atomic mass is 16.6. The average molecular weight is 255 g/mol. The number of hydrogen-bond acceptors (Lipinski definition) is 7. The molecule has 0 unspecified atom stereocenters. The van der Waals surface area contributed by atoms with E-state index in [-0.39, 0.29) is 6.29 Å². The summed E-state index contributed by atoms with van der Waals surface area (Å²) in [5, 5.41) is 31.9. The van der Waals surface area contributed by atoms with Gasteiger partial charge in [-0.1, -0.05) is 0 Å². The molecule has 94 valence electrons. The van der Waals surface area contributed by atoms with Crippen molar-refractivity contribution in [3.63, 3.8) is 0 Å². The number of nitro benzene ring substituents is 3. The van der Waals surface area contributed by atoms with Crippen molar-refractivity contribution in [1.82, 2.24) is 0 Å². The van der Waals surface area contributed by atoms with Gasteiger partial charge in [0, 0.05) is 6.42 Å². The molecule has 1 aromatic rings. The second-order valence-electron chi connectivity index (χ2n) is 3.10. The minimum atomic E-state index is -1.00. The molecular formula is C8H5N3O7. The summed E-state index contributed by atoms with van der Waals surface area (Å²) >= 11 is 0. The van der Waals surface area contributed by atoms with Gasteiger partial charge in [-0.05, 0) is 0 Å². The summed E-state index contributed by atoms with van der Waals surface area (Å²) in [5.41, 5.74) is -2.86. The Morgan fingerprint density at radius 1 is 0.944 bits per heavy atom. The fraction of sp³-hybridized carbons (Fsp3) is 0.125. The lowest BCUT2D eigenvalue weighted by Crippen LogP contribution is -2.03. The average Bonchev–Trinajstić information content (AvgIpc) is 2.28. The highest BCUT2D eigenvalue weighted by molar-refractivity contribution is 5.68. The maximum absolute atomic E-state index is 10.7. The zero-order valence-corrected chi connectivity index (χ0v) is 8.64.